The largest absolute Gasteiger partial charge is 0.398 e. The number of hydrogen-bond acceptors (Lipinski definition) is 3. The molecule has 4 nitrogen and oxygen atoms in total. The second-order valence-electron chi connectivity index (χ2n) is 5.53. The molecule has 1 aromatic carbocycles. The molecule has 0 radical (unpaired) electrons. The molecule has 2 N–H and O–H groups in total. The highest BCUT2D eigenvalue weighted by molar-refractivity contribution is 9.10. The van der Waals surface area contributed by atoms with Crippen molar-refractivity contribution in [3.63, 3.8) is 0 Å². The van der Waals surface area contributed by atoms with Crippen LogP contribution < -0.4 is 10.6 Å². The highest BCUT2D eigenvalue weighted by Gasteiger charge is 2.21. The number of halogens is 1. The lowest BCUT2D eigenvalue weighted by Crippen LogP contribution is -2.30. The third-order valence-electron chi connectivity index (χ3n) is 4.18. The first kappa shape index (κ1) is 14.4. The number of aryl methyl sites for hydroxylation is 2. The first-order valence-corrected chi connectivity index (χ1v) is 8.25. The van der Waals surface area contributed by atoms with E-state index < -0.39 is 0 Å². The first-order chi connectivity index (χ1) is 10.1. The Balaban J connectivity index is 1.96. The zero-order valence-corrected chi connectivity index (χ0v) is 14.2. The van der Waals surface area contributed by atoms with Crippen molar-refractivity contribution in [2.24, 2.45) is 0 Å². The van der Waals surface area contributed by atoms with Crippen LogP contribution in [0, 0.1) is 6.92 Å². The topological polar surface area (TPSA) is 47.1 Å². The zero-order valence-electron chi connectivity index (χ0n) is 12.6. The molecule has 1 aliphatic rings. The van der Waals surface area contributed by atoms with E-state index in [4.69, 9.17) is 5.73 Å². The smallest absolute Gasteiger partial charge is 0.0739 e. The molecule has 0 atom stereocenters. The van der Waals surface area contributed by atoms with Gasteiger partial charge >= 0.3 is 0 Å². The van der Waals surface area contributed by atoms with Gasteiger partial charge in [0.25, 0.3) is 0 Å². The Labute approximate surface area is 134 Å². The lowest BCUT2D eigenvalue weighted by Gasteiger charge is -2.32. The fraction of sp³-hybridized carbons (Fsp3) is 0.438. The third-order valence-corrected chi connectivity index (χ3v) is 5.21. The van der Waals surface area contributed by atoms with Crippen LogP contribution in [0.5, 0.6) is 0 Å². The van der Waals surface area contributed by atoms with Gasteiger partial charge in [-0.25, -0.2) is 0 Å². The van der Waals surface area contributed by atoms with E-state index in [9.17, 15) is 0 Å². The Kier molecular flexibility index (Phi) is 3.93. The van der Waals surface area contributed by atoms with E-state index in [1.165, 1.54) is 16.9 Å². The molecule has 0 amide bonds. The number of aromatic nitrogens is 2. The van der Waals surface area contributed by atoms with Gasteiger partial charge in [0.15, 0.2) is 0 Å². The van der Waals surface area contributed by atoms with Crippen molar-refractivity contribution in [3.05, 3.63) is 39.6 Å². The summed E-state index contributed by atoms with van der Waals surface area (Å²) >= 11 is 3.69. The summed E-state index contributed by atoms with van der Waals surface area (Å²) in [6, 6.07) is 6.22. The van der Waals surface area contributed by atoms with Gasteiger partial charge in [0.2, 0.25) is 0 Å². The van der Waals surface area contributed by atoms with Crippen molar-refractivity contribution in [1.29, 1.82) is 0 Å². The van der Waals surface area contributed by atoms with Gasteiger partial charge in [-0.15, -0.1) is 0 Å². The molecule has 1 aliphatic heterocycles. The molecule has 0 bridgehead atoms. The van der Waals surface area contributed by atoms with E-state index >= 15 is 0 Å². The molecule has 2 heterocycles. The van der Waals surface area contributed by atoms with E-state index in [0.29, 0.717) is 0 Å². The lowest BCUT2D eigenvalue weighted by molar-refractivity contribution is 0.594. The SMILES string of the molecule is CCn1nc(C)c(Br)c1CN1CCCc2c(N)cccc21. The molecule has 0 unspecified atom stereocenters. The highest BCUT2D eigenvalue weighted by atomic mass is 79.9. The Hall–Kier alpha value is -1.49. The fourth-order valence-electron chi connectivity index (χ4n) is 3.09. The number of benzene rings is 1. The number of fused-ring (bicyclic) bond motifs is 1. The molecule has 5 heteroatoms. The van der Waals surface area contributed by atoms with Gasteiger partial charge < -0.3 is 10.6 Å². The molecular weight excluding hydrogens is 328 g/mol. The Bertz CT molecular complexity index is 663. The number of nitrogen functional groups attached to an aromatic ring is 1. The van der Waals surface area contributed by atoms with Crippen molar-refractivity contribution >= 4 is 27.3 Å². The minimum atomic E-state index is 0.867. The normalized spacial score (nSPS) is 14.3. The Morgan fingerprint density at radius 3 is 2.95 bits per heavy atom. The van der Waals surface area contributed by atoms with E-state index in [0.717, 1.165) is 48.3 Å². The summed E-state index contributed by atoms with van der Waals surface area (Å²) in [7, 11) is 0. The van der Waals surface area contributed by atoms with E-state index in [-0.39, 0.29) is 0 Å². The van der Waals surface area contributed by atoms with Crippen molar-refractivity contribution in [3.8, 4) is 0 Å². The summed E-state index contributed by atoms with van der Waals surface area (Å²) in [6.45, 7) is 6.99. The van der Waals surface area contributed by atoms with Gasteiger partial charge in [0.1, 0.15) is 0 Å². The summed E-state index contributed by atoms with van der Waals surface area (Å²) in [5.41, 5.74) is 11.9. The molecule has 112 valence electrons. The van der Waals surface area contributed by atoms with Crippen LogP contribution in [0.2, 0.25) is 0 Å². The average Bonchev–Trinajstić information content (AvgIpc) is 2.76. The maximum Gasteiger partial charge on any atom is 0.0739 e. The van der Waals surface area contributed by atoms with Crippen LogP contribution in [0.1, 0.15) is 30.3 Å². The number of nitrogens with two attached hydrogens (primary N) is 1. The van der Waals surface area contributed by atoms with E-state index in [1.54, 1.807) is 0 Å². The molecule has 1 aromatic heterocycles. The molecule has 0 saturated heterocycles. The zero-order chi connectivity index (χ0) is 15.0. The van der Waals surface area contributed by atoms with Gasteiger partial charge in [0, 0.05) is 24.5 Å². The van der Waals surface area contributed by atoms with Crippen molar-refractivity contribution in [2.75, 3.05) is 17.2 Å². The van der Waals surface area contributed by atoms with Crippen LogP contribution in [-0.2, 0) is 19.5 Å². The van der Waals surface area contributed by atoms with Crippen LogP contribution in [0.15, 0.2) is 22.7 Å². The molecular formula is C16H21BrN4. The van der Waals surface area contributed by atoms with Crippen LogP contribution in [-0.4, -0.2) is 16.3 Å². The quantitative estimate of drug-likeness (QED) is 0.863. The van der Waals surface area contributed by atoms with Crippen molar-refractivity contribution < 1.29 is 0 Å². The Morgan fingerprint density at radius 2 is 2.19 bits per heavy atom. The monoisotopic (exact) mass is 348 g/mol. The predicted octanol–water partition coefficient (Wildman–Crippen LogP) is 3.51. The van der Waals surface area contributed by atoms with Gasteiger partial charge in [-0.3, -0.25) is 4.68 Å². The number of rotatable bonds is 3. The van der Waals surface area contributed by atoms with Gasteiger partial charge in [-0.1, -0.05) is 6.07 Å². The molecule has 0 saturated carbocycles. The van der Waals surface area contributed by atoms with E-state index in [1.807, 2.05) is 19.1 Å². The maximum atomic E-state index is 6.13. The summed E-state index contributed by atoms with van der Waals surface area (Å²) in [4.78, 5) is 2.42. The molecule has 21 heavy (non-hydrogen) atoms. The molecule has 0 fully saturated rings. The minimum absolute atomic E-state index is 0.867. The average molecular weight is 349 g/mol. The van der Waals surface area contributed by atoms with Crippen molar-refractivity contribution in [1.82, 2.24) is 9.78 Å². The second-order valence-corrected chi connectivity index (χ2v) is 6.32. The summed E-state index contributed by atoms with van der Waals surface area (Å²) < 4.78 is 3.21. The molecule has 3 rings (SSSR count). The van der Waals surface area contributed by atoms with Crippen molar-refractivity contribution in [2.45, 2.75) is 39.8 Å². The summed E-state index contributed by atoms with van der Waals surface area (Å²) in [6.07, 6.45) is 2.23. The maximum absolute atomic E-state index is 6.13. The minimum Gasteiger partial charge on any atom is -0.398 e. The first-order valence-electron chi connectivity index (χ1n) is 7.46. The Morgan fingerprint density at radius 1 is 1.38 bits per heavy atom. The molecule has 0 aliphatic carbocycles. The van der Waals surface area contributed by atoms with Gasteiger partial charge in [0.05, 0.1) is 22.4 Å². The second kappa shape index (κ2) is 5.72. The van der Waals surface area contributed by atoms with Crippen LogP contribution in [0.25, 0.3) is 0 Å². The number of hydrogen-bond donors (Lipinski definition) is 1. The van der Waals surface area contributed by atoms with Crippen LogP contribution in [0.4, 0.5) is 11.4 Å². The van der Waals surface area contributed by atoms with Crippen LogP contribution >= 0.6 is 15.9 Å². The standard InChI is InChI=1S/C16H21BrN4/c1-3-21-15(16(17)11(2)19-21)10-20-9-5-6-12-13(18)7-4-8-14(12)20/h4,7-8H,3,5-6,9-10,18H2,1-2H3. The van der Waals surface area contributed by atoms with Gasteiger partial charge in [-0.2, -0.15) is 5.10 Å². The van der Waals surface area contributed by atoms with Gasteiger partial charge in [-0.05, 0) is 60.3 Å². The molecule has 0 spiro atoms. The predicted molar refractivity (Wildman–Crippen MR) is 90.6 cm³/mol. The number of nitrogens with zero attached hydrogens (tertiary/aromatic N) is 3. The third kappa shape index (κ3) is 2.55. The van der Waals surface area contributed by atoms with Crippen LogP contribution in [0.3, 0.4) is 0 Å². The summed E-state index contributed by atoms with van der Waals surface area (Å²) in [5.74, 6) is 0. The fourth-order valence-corrected chi connectivity index (χ4v) is 3.50. The van der Waals surface area contributed by atoms with E-state index in [2.05, 4.69) is 43.6 Å². The summed E-state index contributed by atoms with van der Waals surface area (Å²) in [5, 5.41) is 4.59. The number of anilines is 2. The lowest BCUT2D eigenvalue weighted by atomic mass is 10.00. The molecule has 2 aromatic rings. The highest BCUT2D eigenvalue weighted by Crippen LogP contribution is 2.33.